The molecule has 3 aromatic rings. The number of benzene rings is 2. The van der Waals surface area contributed by atoms with Gasteiger partial charge in [0.2, 0.25) is 0 Å². The van der Waals surface area contributed by atoms with Crippen molar-refractivity contribution in [2.24, 2.45) is 0 Å². The van der Waals surface area contributed by atoms with Crippen LogP contribution in [0.2, 0.25) is 10.2 Å². The highest BCUT2D eigenvalue weighted by atomic mass is 35.5. The van der Waals surface area contributed by atoms with Crippen molar-refractivity contribution in [3.63, 3.8) is 0 Å². The molecule has 0 aliphatic carbocycles. The molecule has 0 bridgehead atoms. The smallest absolute Gasteiger partial charge is 0.406 e. The lowest BCUT2D eigenvalue weighted by Crippen LogP contribution is -2.19. The molecular weight excluding hydrogens is 456 g/mol. The first-order valence-corrected chi connectivity index (χ1v) is 9.51. The van der Waals surface area contributed by atoms with Gasteiger partial charge in [-0.05, 0) is 60.2 Å². The van der Waals surface area contributed by atoms with Gasteiger partial charge >= 0.3 is 12.4 Å². The predicted molar refractivity (Wildman–Crippen MR) is 114 cm³/mol. The number of nitrogens with one attached hydrogen (secondary N) is 3. The minimum atomic E-state index is -4.77. The quantitative estimate of drug-likeness (QED) is 0.357. The first-order chi connectivity index (χ1) is 14.7. The second kappa shape index (κ2) is 9.76. The Morgan fingerprint density at radius 1 is 0.935 bits per heavy atom. The lowest BCUT2D eigenvalue weighted by molar-refractivity contribution is -0.274. The van der Waals surface area contributed by atoms with Crippen molar-refractivity contribution in [3.05, 3.63) is 76.5 Å². The number of amides is 2. The van der Waals surface area contributed by atoms with E-state index >= 15 is 0 Å². The van der Waals surface area contributed by atoms with E-state index in [1.165, 1.54) is 18.3 Å². The monoisotopic (exact) mass is 470 g/mol. The first-order valence-electron chi connectivity index (χ1n) is 8.75. The van der Waals surface area contributed by atoms with Crippen molar-refractivity contribution in [1.82, 2.24) is 4.98 Å². The Labute approximate surface area is 185 Å². The average molecular weight is 471 g/mol. The summed E-state index contributed by atoms with van der Waals surface area (Å²) in [5.74, 6) is -0.378. The molecule has 0 saturated heterocycles. The number of rotatable bonds is 6. The van der Waals surface area contributed by atoms with Crippen LogP contribution in [0.4, 0.5) is 35.0 Å². The molecule has 2 aromatic carbocycles. The summed E-state index contributed by atoms with van der Waals surface area (Å²) in [6, 6.07) is 12.8. The molecule has 0 aliphatic rings. The standard InChI is InChI=1S/C20H15Cl2F3N4O2/c21-17-11-27-18(22)9-12(17)10-26-13-1-3-14(4-2-13)28-19(30)29-15-5-7-16(8-6-15)31-20(23,24)25/h1-9,11,26H,10H2,(H2,28,29,30). The molecule has 0 fully saturated rings. The van der Waals surface area contributed by atoms with E-state index in [2.05, 4.69) is 25.7 Å². The Morgan fingerprint density at radius 3 is 2.06 bits per heavy atom. The minimum absolute atomic E-state index is 0.304. The molecule has 0 saturated carbocycles. The van der Waals surface area contributed by atoms with Gasteiger partial charge in [-0.1, -0.05) is 23.2 Å². The summed E-state index contributed by atoms with van der Waals surface area (Å²) < 4.78 is 40.3. The zero-order chi connectivity index (χ0) is 22.4. The number of pyridine rings is 1. The molecule has 0 aliphatic heterocycles. The van der Waals surface area contributed by atoms with Crippen LogP contribution in [0.15, 0.2) is 60.8 Å². The van der Waals surface area contributed by atoms with Crippen molar-refractivity contribution >= 4 is 46.3 Å². The number of carbonyl (C=O) groups excluding carboxylic acids is 1. The molecule has 1 aromatic heterocycles. The fourth-order valence-corrected chi connectivity index (χ4v) is 2.84. The topological polar surface area (TPSA) is 75.3 Å². The van der Waals surface area contributed by atoms with Crippen LogP contribution in [0.5, 0.6) is 5.75 Å². The average Bonchev–Trinajstić information content (AvgIpc) is 2.70. The number of ether oxygens (including phenoxy) is 1. The molecule has 0 radical (unpaired) electrons. The van der Waals surface area contributed by atoms with Gasteiger partial charge in [0.15, 0.2) is 0 Å². The largest absolute Gasteiger partial charge is 0.573 e. The van der Waals surface area contributed by atoms with E-state index in [0.29, 0.717) is 28.1 Å². The van der Waals surface area contributed by atoms with Gasteiger partial charge in [-0.25, -0.2) is 9.78 Å². The molecule has 1 heterocycles. The maximum Gasteiger partial charge on any atom is 0.573 e. The maximum absolute atomic E-state index is 12.2. The molecular formula is C20H15Cl2F3N4O2. The van der Waals surface area contributed by atoms with E-state index in [4.69, 9.17) is 23.2 Å². The van der Waals surface area contributed by atoms with E-state index in [0.717, 1.165) is 23.4 Å². The second-order valence-electron chi connectivity index (χ2n) is 6.18. The molecule has 0 spiro atoms. The zero-order valence-electron chi connectivity index (χ0n) is 15.6. The van der Waals surface area contributed by atoms with E-state index < -0.39 is 12.4 Å². The van der Waals surface area contributed by atoms with Gasteiger partial charge in [0.1, 0.15) is 10.9 Å². The Bertz CT molecular complexity index is 1050. The summed E-state index contributed by atoms with van der Waals surface area (Å²) in [4.78, 5) is 16.0. The Hall–Kier alpha value is -3.17. The molecule has 31 heavy (non-hydrogen) atoms. The van der Waals surface area contributed by atoms with Gasteiger partial charge in [0.05, 0.1) is 5.02 Å². The molecule has 162 valence electrons. The third-order valence-electron chi connectivity index (χ3n) is 3.87. The summed E-state index contributed by atoms with van der Waals surface area (Å²) in [7, 11) is 0. The zero-order valence-corrected chi connectivity index (χ0v) is 17.1. The molecule has 6 nitrogen and oxygen atoms in total. The van der Waals surface area contributed by atoms with Crippen LogP contribution in [-0.2, 0) is 6.54 Å². The van der Waals surface area contributed by atoms with Gasteiger partial charge in [-0.2, -0.15) is 0 Å². The van der Waals surface area contributed by atoms with E-state index in [1.54, 1.807) is 30.3 Å². The van der Waals surface area contributed by atoms with E-state index in [9.17, 15) is 18.0 Å². The van der Waals surface area contributed by atoms with Crippen LogP contribution in [0.3, 0.4) is 0 Å². The number of alkyl halides is 3. The molecule has 3 rings (SSSR count). The highest BCUT2D eigenvalue weighted by Crippen LogP contribution is 2.24. The minimum Gasteiger partial charge on any atom is -0.406 e. The normalized spacial score (nSPS) is 11.0. The summed E-state index contributed by atoms with van der Waals surface area (Å²) in [6.07, 6.45) is -3.30. The third-order valence-corrected chi connectivity index (χ3v) is 4.42. The summed E-state index contributed by atoms with van der Waals surface area (Å²) in [6.45, 7) is 0.433. The van der Waals surface area contributed by atoms with Crippen molar-refractivity contribution in [1.29, 1.82) is 0 Å². The maximum atomic E-state index is 12.2. The molecule has 0 atom stereocenters. The molecule has 11 heteroatoms. The third kappa shape index (κ3) is 7.23. The highest BCUT2D eigenvalue weighted by Gasteiger charge is 2.30. The number of hydrogen-bond acceptors (Lipinski definition) is 4. The number of halogens is 5. The summed E-state index contributed by atoms with van der Waals surface area (Å²) >= 11 is 11.9. The number of aromatic nitrogens is 1. The molecule has 0 unspecified atom stereocenters. The van der Waals surface area contributed by atoms with Crippen LogP contribution in [0.25, 0.3) is 0 Å². The van der Waals surface area contributed by atoms with Crippen LogP contribution in [0, 0.1) is 0 Å². The van der Waals surface area contributed by atoms with Crippen LogP contribution >= 0.6 is 23.2 Å². The second-order valence-corrected chi connectivity index (χ2v) is 6.98. The lowest BCUT2D eigenvalue weighted by Gasteiger charge is -2.11. The highest BCUT2D eigenvalue weighted by molar-refractivity contribution is 6.32. The Balaban J connectivity index is 1.51. The van der Waals surface area contributed by atoms with Crippen LogP contribution in [0.1, 0.15) is 5.56 Å². The van der Waals surface area contributed by atoms with Crippen LogP contribution < -0.4 is 20.7 Å². The van der Waals surface area contributed by atoms with Crippen LogP contribution in [-0.4, -0.2) is 17.4 Å². The Kier molecular flexibility index (Phi) is 7.09. The van der Waals surface area contributed by atoms with E-state index in [-0.39, 0.29) is 5.75 Å². The van der Waals surface area contributed by atoms with E-state index in [1.807, 2.05) is 0 Å². The van der Waals surface area contributed by atoms with Gasteiger partial charge in [0.25, 0.3) is 0 Å². The van der Waals surface area contributed by atoms with Crippen molar-refractivity contribution in [2.75, 3.05) is 16.0 Å². The SMILES string of the molecule is O=C(Nc1ccc(NCc2cc(Cl)ncc2Cl)cc1)Nc1ccc(OC(F)(F)F)cc1. The van der Waals surface area contributed by atoms with Gasteiger partial charge < -0.3 is 20.7 Å². The van der Waals surface area contributed by atoms with Crippen molar-refractivity contribution < 1.29 is 22.7 Å². The fourth-order valence-electron chi connectivity index (χ4n) is 2.49. The number of anilines is 3. The molecule has 3 N–H and O–H groups in total. The lowest BCUT2D eigenvalue weighted by atomic mass is 10.2. The molecule has 2 amide bonds. The van der Waals surface area contributed by atoms with Crippen molar-refractivity contribution in [2.45, 2.75) is 12.9 Å². The number of carbonyl (C=O) groups is 1. The predicted octanol–water partition coefficient (Wildman–Crippen LogP) is 6.54. The summed E-state index contributed by atoms with van der Waals surface area (Å²) in [5, 5.41) is 9.15. The van der Waals surface area contributed by atoms with Gasteiger partial charge in [-0.3, -0.25) is 0 Å². The summed E-state index contributed by atoms with van der Waals surface area (Å²) in [5.41, 5.74) is 2.40. The number of hydrogen-bond donors (Lipinski definition) is 3. The van der Waals surface area contributed by atoms with Gasteiger partial charge in [0, 0.05) is 29.8 Å². The number of urea groups is 1. The fraction of sp³-hybridized carbons (Fsp3) is 0.100. The number of nitrogens with zero attached hydrogens (tertiary/aromatic N) is 1. The van der Waals surface area contributed by atoms with Gasteiger partial charge in [-0.15, -0.1) is 13.2 Å². The Morgan fingerprint density at radius 2 is 1.48 bits per heavy atom. The van der Waals surface area contributed by atoms with Crippen molar-refractivity contribution in [3.8, 4) is 5.75 Å². The first kappa shape index (κ1) is 22.5.